The summed E-state index contributed by atoms with van der Waals surface area (Å²) in [7, 11) is 1.99. The monoisotopic (exact) mass is 394 g/mol. The van der Waals surface area contributed by atoms with Gasteiger partial charge in [0, 0.05) is 27.6 Å². The van der Waals surface area contributed by atoms with Gasteiger partial charge in [-0.15, -0.1) is 0 Å². The summed E-state index contributed by atoms with van der Waals surface area (Å²) in [5.41, 5.74) is 2.77. The second-order valence-electron chi connectivity index (χ2n) is 6.52. The van der Waals surface area contributed by atoms with Gasteiger partial charge in [0.05, 0.1) is 7.05 Å². The molecule has 0 saturated heterocycles. The van der Waals surface area contributed by atoms with Gasteiger partial charge >= 0.3 is 12.2 Å². The molecule has 1 aromatic heterocycles. The van der Waals surface area contributed by atoms with Crippen LogP contribution in [0.1, 0.15) is 16.7 Å². The van der Waals surface area contributed by atoms with E-state index in [0.29, 0.717) is 23.7 Å². The normalized spacial score (nSPS) is 12.5. The molecule has 0 radical (unpaired) electrons. The van der Waals surface area contributed by atoms with Crippen LogP contribution in [0.4, 0.5) is 8.78 Å². The van der Waals surface area contributed by atoms with Crippen molar-refractivity contribution in [3.63, 3.8) is 0 Å². The van der Waals surface area contributed by atoms with Crippen molar-refractivity contribution in [2.75, 3.05) is 7.05 Å². The Morgan fingerprint density at radius 2 is 1.85 bits per heavy atom. The second-order valence-corrected chi connectivity index (χ2v) is 6.93. The minimum Gasteiger partial charge on any atom is -0.435 e. The number of quaternary nitrogens is 1. The lowest BCUT2D eigenvalue weighted by Gasteiger charge is -2.16. The molecule has 1 atom stereocenters. The number of rotatable bonds is 6. The van der Waals surface area contributed by atoms with E-state index >= 15 is 0 Å². The molecule has 27 heavy (non-hydrogen) atoms. The minimum absolute atomic E-state index is 0.128. The molecule has 7 heteroatoms. The zero-order chi connectivity index (χ0) is 19.6. The zero-order valence-corrected chi connectivity index (χ0v) is 15.6. The van der Waals surface area contributed by atoms with Crippen LogP contribution >= 0.6 is 11.6 Å². The van der Waals surface area contributed by atoms with Gasteiger partial charge in [-0.3, -0.25) is 0 Å². The predicted octanol–water partition coefficient (Wildman–Crippen LogP) is 3.57. The first-order valence-electron chi connectivity index (χ1n) is 8.40. The predicted molar refractivity (Wildman–Crippen MR) is 99.6 cm³/mol. The van der Waals surface area contributed by atoms with Crippen LogP contribution in [-0.2, 0) is 13.1 Å². The maximum absolute atomic E-state index is 12.2. The van der Waals surface area contributed by atoms with Crippen molar-refractivity contribution in [1.29, 1.82) is 0 Å². The fourth-order valence-electron chi connectivity index (χ4n) is 3.02. The van der Waals surface area contributed by atoms with E-state index in [2.05, 4.69) is 4.74 Å². The molecule has 1 N–H and O–H groups in total. The lowest BCUT2D eigenvalue weighted by Crippen LogP contribution is -3.06. The van der Waals surface area contributed by atoms with Gasteiger partial charge in [0.25, 0.3) is 0 Å². The molecule has 0 bridgehead atoms. The number of fused-ring (bicyclic) bond motifs is 1. The average Bonchev–Trinajstić information content (AvgIpc) is 2.58. The second kappa shape index (κ2) is 8.06. The van der Waals surface area contributed by atoms with Gasteiger partial charge in [-0.1, -0.05) is 11.6 Å². The highest BCUT2D eigenvalue weighted by Gasteiger charge is 2.13. The van der Waals surface area contributed by atoms with E-state index < -0.39 is 12.2 Å². The molecule has 0 saturated carbocycles. The summed E-state index contributed by atoms with van der Waals surface area (Å²) < 4.78 is 34.1. The van der Waals surface area contributed by atoms with Crippen molar-refractivity contribution >= 4 is 22.6 Å². The summed E-state index contributed by atoms with van der Waals surface area (Å²) >= 11 is 6.22. The number of alkyl halides is 2. The van der Waals surface area contributed by atoms with Crippen LogP contribution in [-0.4, -0.2) is 13.7 Å². The molecular weight excluding hydrogens is 376 g/mol. The summed E-state index contributed by atoms with van der Waals surface area (Å²) in [6, 6.07) is 11.6. The Hall–Kier alpha value is -2.44. The van der Waals surface area contributed by atoms with Crippen LogP contribution in [0.25, 0.3) is 11.0 Å². The minimum atomic E-state index is -2.84. The SMILES string of the molecule is Cc1cc2oc(=O)cc(C[NH+](C)Cc3ccc(OC(F)F)cc3)c2cc1Cl. The van der Waals surface area contributed by atoms with E-state index in [1.165, 1.54) is 18.2 Å². The topological polar surface area (TPSA) is 43.9 Å². The first-order valence-corrected chi connectivity index (χ1v) is 8.77. The van der Waals surface area contributed by atoms with Crippen molar-refractivity contribution in [3.8, 4) is 5.75 Å². The van der Waals surface area contributed by atoms with Crippen LogP contribution in [0.5, 0.6) is 5.75 Å². The molecule has 2 aromatic carbocycles. The Balaban J connectivity index is 1.78. The van der Waals surface area contributed by atoms with Crippen LogP contribution in [0.15, 0.2) is 51.7 Å². The summed E-state index contributed by atoms with van der Waals surface area (Å²) in [4.78, 5) is 13.0. The molecule has 3 aromatic rings. The van der Waals surface area contributed by atoms with E-state index in [1.54, 1.807) is 18.2 Å². The van der Waals surface area contributed by atoms with E-state index in [0.717, 1.165) is 27.0 Å². The lowest BCUT2D eigenvalue weighted by molar-refractivity contribution is -0.907. The van der Waals surface area contributed by atoms with E-state index in [9.17, 15) is 13.6 Å². The fraction of sp³-hybridized carbons (Fsp3) is 0.250. The number of benzene rings is 2. The van der Waals surface area contributed by atoms with E-state index in [-0.39, 0.29) is 5.75 Å². The van der Waals surface area contributed by atoms with Gasteiger partial charge in [0.15, 0.2) is 0 Å². The molecule has 0 aliphatic rings. The first kappa shape index (κ1) is 19.3. The molecule has 3 rings (SSSR count). The third-order valence-corrected chi connectivity index (χ3v) is 4.66. The molecule has 142 valence electrons. The van der Waals surface area contributed by atoms with Gasteiger partial charge < -0.3 is 14.1 Å². The Bertz CT molecular complexity index is 1000. The third-order valence-electron chi connectivity index (χ3n) is 4.26. The molecular formula is C20H19ClF2NO3+. The van der Waals surface area contributed by atoms with Gasteiger partial charge in [0.2, 0.25) is 0 Å². The largest absolute Gasteiger partial charge is 0.435 e. The molecule has 1 heterocycles. The molecule has 0 spiro atoms. The van der Waals surface area contributed by atoms with Gasteiger partial charge in [-0.2, -0.15) is 8.78 Å². The Labute approximate surface area is 159 Å². The van der Waals surface area contributed by atoms with Crippen LogP contribution in [0.3, 0.4) is 0 Å². The Kier molecular flexibility index (Phi) is 5.77. The molecule has 0 fully saturated rings. The molecule has 0 aliphatic heterocycles. The van der Waals surface area contributed by atoms with E-state index in [1.807, 2.05) is 20.0 Å². The van der Waals surface area contributed by atoms with Gasteiger partial charge in [-0.25, -0.2) is 4.79 Å². The first-order chi connectivity index (χ1) is 12.8. The maximum Gasteiger partial charge on any atom is 0.387 e. The smallest absolute Gasteiger partial charge is 0.387 e. The van der Waals surface area contributed by atoms with E-state index in [4.69, 9.17) is 16.0 Å². The number of ether oxygens (including phenoxy) is 1. The third kappa shape index (κ3) is 4.84. The van der Waals surface area contributed by atoms with Crippen molar-refractivity contribution in [2.45, 2.75) is 26.6 Å². The number of nitrogens with one attached hydrogen (secondary N) is 1. The highest BCUT2D eigenvalue weighted by atomic mass is 35.5. The van der Waals surface area contributed by atoms with Crippen LogP contribution < -0.4 is 15.3 Å². The number of hydrogen-bond donors (Lipinski definition) is 1. The van der Waals surface area contributed by atoms with Crippen molar-refractivity contribution in [2.24, 2.45) is 0 Å². The number of halogens is 3. The molecule has 4 nitrogen and oxygen atoms in total. The Morgan fingerprint density at radius 3 is 2.52 bits per heavy atom. The van der Waals surface area contributed by atoms with Crippen LogP contribution in [0, 0.1) is 6.92 Å². The number of hydrogen-bond acceptors (Lipinski definition) is 3. The molecule has 1 unspecified atom stereocenters. The number of aryl methyl sites for hydroxylation is 1. The highest BCUT2D eigenvalue weighted by Crippen LogP contribution is 2.25. The van der Waals surface area contributed by atoms with Gasteiger partial charge in [0.1, 0.15) is 24.4 Å². The standard InChI is InChI=1S/C20H18ClF2NO3/c1-12-7-18-16(9-17(12)21)14(8-19(25)27-18)11-24(2)10-13-3-5-15(6-4-13)26-20(22)23/h3-9,20H,10-11H2,1-2H3/p+1. The summed E-state index contributed by atoms with van der Waals surface area (Å²) in [6.07, 6.45) is 0. The van der Waals surface area contributed by atoms with Crippen molar-refractivity contribution in [3.05, 3.63) is 74.6 Å². The maximum atomic E-state index is 12.2. The summed E-state index contributed by atoms with van der Waals surface area (Å²) in [6.45, 7) is 0.248. The Morgan fingerprint density at radius 1 is 1.15 bits per heavy atom. The van der Waals surface area contributed by atoms with Crippen LogP contribution in [0.2, 0.25) is 5.02 Å². The highest BCUT2D eigenvalue weighted by molar-refractivity contribution is 6.32. The average molecular weight is 395 g/mol. The molecule has 0 aliphatic carbocycles. The lowest BCUT2D eigenvalue weighted by atomic mass is 10.1. The summed E-state index contributed by atoms with van der Waals surface area (Å²) in [5.74, 6) is 0.128. The molecule has 0 amide bonds. The van der Waals surface area contributed by atoms with Crippen molar-refractivity contribution in [1.82, 2.24) is 0 Å². The quantitative estimate of drug-likeness (QED) is 0.650. The van der Waals surface area contributed by atoms with Gasteiger partial charge in [-0.05, 0) is 48.9 Å². The van der Waals surface area contributed by atoms with Crippen molar-refractivity contribution < 1.29 is 22.8 Å². The zero-order valence-electron chi connectivity index (χ0n) is 14.9. The fourth-order valence-corrected chi connectivity index (χ4v) is 3.18. The summed E-state index contributed by atoms with van der Waals surface area (Å²) in [5, 5.41) is 1.43.